The number of hydrogen-bond donors (Lipinski definition) is 3. The Morgan fingerprint density at radius 1 is 0.800 bits per heavy atom. The number of carbonyl (C=O) groups excluding carboxylic acids is 2. The number of amides is 2. The summed E-state index contributed by atoms with van der Waals surface area (Å²) in [6.07, 6.45) is 0. The standard InChI is InChI=1S/C30H25ClN2O6S/c1-38-25-14-12-19(16-26(25)39-2)28(34)32-21-9-6-10-22(17-21)40-27(18-7-4-3-5-8-18)29(35)33-24-15-20(30(36)37)11-13-23(24)31/h3-17,27H,1-2H3,(H,32,34)(H,33,35)(H,36,37). The van der Waals surface area contributed by atoms with E-state index in [0.29, 0.717) is 22.7 Å². The van der Waals surface area contributed by atoms with Gasteiger partial charge in [-0.25, -0.2) is 4.79 Å². The van der Waals surface area contributed by atoms with Crippen LogP contribution >= 0.6 is 23.4 Å². The number of carboxylic acids is 1. The lowest BCUT2D eigenvalue weighted by Crippen LogP contribution is -2.19. The zero-order chi connectivity index (χ0) is 28.6. The first kappa shape index (κ1) is 28.5. The van der Waals surface area contributed by atoms with Crippen molar-refractivity contribution in [2.75, 3.05) is 24.9 Å². The molecule has 0 aliphatic rings. The topological polar surface area (TPSA) is 114 Å². The van der Waals surface area contributed by atoms with Gasteiger partial charge < -0.3 is 25.2 Å². The van der Waals surface area contributed by atoms with Gasteiger partial charge >= 0.3 is 5.97 Å². The highest BCUT2D eigenvalue weighted by atomic mass is 35.5. The van der Waals surface area contributed by atoms with Gasteiger partial charge in [-0.05, 0) is 60.2 Å². The van der Waals surface area contributed by atoms with Crippen molar-refractivity contribution in [3.8, 4) is 11.5 Å². The van der Waals surface area contributed by atoms with E-state index in [9.17, 15) is 19.5 Å². The molecule has 0 saturated heterocycles. The first-order valence-corrected chi connectivity index (χ1v) is 13.2. The Balaban J connectivity index is 1.56. The molecule has 3 N–H and O–H groups in total. The van der Waals surface area contributed by atoms with E-state index in [-0.39, 0.29) is 28.1 Å². The van der Waals surface area contributed by atoms with Crippen LogP contribution in [-0.2, 0) is 4.79 Å². The molecule has 10 heteroatoms. The molecule has 0 aliphatic carbocycles. The number of halogens is 1. The number of aromatic carboxylic acids is 1. The van der Waals surface area contributed by atoms with Crippen LogP contribution in [0.15, 0.2) is 95.9 Å². The van der Waals surface area contributed by atoms with Crippen LogP contribution in [0.25, 0.3) is 0 Å². The molecule has 0 saturated carbocycles. The molecule has 2 amide bonds. The molecule has 204 valence electrons. The molecule has 0 heterocycles. The summed E-state index contributed by atoms with van der Waals surface area (Å²) < 4.78 is 10.5. The maximum Gasteiger partial charge on any atom is 0.335 e. The van der Waals surface area contributed by atoms with E-state index in [1.54, 1.807) is 36.4 Å². The highest BCUT2D eigenvalue weighted by molar-refractivity contribution is 8.00. The van der Waals surface area contributed by atoms with Gasteiger partial charge in [-0.15, -0.1) is 11.8 Å². The fourth-order valence-electron chi connectivity index (χ4n) is 3.82. The van der Waals surface area contributed by atoms with Gasteiger partial charge in [0.25, 0.3) is 5.91 Å². The average molecular weight is 577 g/mol. The lowest BCUT2D eigenvalue weighted by atomic mass is 10.1. The van der Waals surface area contributed by atoms with E-state index < -0.39 is 11.2 Å². The van der Waals surface area contributed by atoms with Crippen LogP contribution in [0.5, 0.6) is 11.5 Å². The summed E-state index contributed by atoms with van der Waals surface area (Å²) in [4.78, 5) is 38.5. The zero-order valence-corrected chi connectivity index (χ0v) is 23.1. The van der Waals surface area contributed by atoms with Crippen molar-refractivity contribution in [3.05, 3.63) is 113 Å². The number of methoxy groups -OCH3 is 2. The second kappa shape index (κ2) is 13.1. The number of carbonyl (C=O) groups is 3. The molecular formula is C30H25ClN2O6S. The average Bonchev–Trinajstić information content (AvgIpc) is 2.97. The van der Waals surface area contributed by atoms with Gasteiger partial charge in [-0.3, -0.25) is 9.59 Å². The van der Waals surface area contributed by atoms with Gasteiger partial charge in [0.15, 0.2) is 11.5 Å². The highest BCUT2D eigenvalue weighted by Crippen LogP contribution is 2.38. The van der Waals surface area contributed by atoms with Crippen LogP contribution in [0.4, 0.5) is 11.4 Å². The molecule has 0 radical (unpaired) electrons. The van der Waals surface area contributed by atoms with Crippen LogP contribution in [-0.4, -0.2) is 37.1 Å². The molecule has 0 aromatic heterocycles. The third kappa shape index (κ3) is 6.93. The number of hydrogen-bond acceptors (Lipinski definition) is 6. The molecule has 0 spiro atoms. The van der Waals surface area contributed by atoms with Crippen LogP contribution in [0.2, 0.25) is 5.02 Å². The number of ether oxygens (including phenoxy) is 2. The molecule has 40 heavy (non-hydrogen) atoms. The van der Waals surface area contributed by atoms with Crippen molar-refractivity contribution in [3.63, 3.8) is 0 Å². The number of nitrogens with one attached hydrogen (secondary N) is 2. The maximum absolute atomic E-state index is 13.5. The smallest absolute Gasteiger partial charge is 0.335 e. The quantitative estimate of drug-likeness (QED) is 0.178. The molecular weight excluding hydrogens is 552 g/mol. The van der Waals surface area contributed by atoms with E-state index in [4.69, 9.17) is 21.1 Å². The number of benzene rings is 4. The number of carboxylic acid groups (broad SMARTS) is 1. The van der Waals surface area contributed by atoms with Gasteiger partial charge in [-0.1, -0.05) is 48.0 Å². The van der Waals surface area contributed by atoms with E-state index in [0.717, 1.165) is 10.5 Å². The van der Waals surface area contributed by atoms with Crippen molar-refractivity contribution in [2.24, 2.45) is 0 Å². The van der Waals surface area contributed by atoms with Crippen molar-refractivity contribution in [2.45, 2.75) is 10.1 Å². The zero-order valence-electron chi connectivity index (χ0n) is 21.5. The molecule has 8 nitrogen and oxygen atoms in total. The second-order valence-corrected chi connectivity index (χ2v) is 10.0. The molecule has 4 rings (SSSR count). The minimum Gasteiger partial charge on any atom is -0.493 e. The number of rotatable bonds is 10. The molecule has 4 aromatic rings. The summed E-state index contributed by atoms with van der Waals surface area (Å²) in [6.45, 7) is 0. The van der Waals surface area contributed by atoms with Gasteiger partial charge in [0.2, 0.25) is 5.91 Å². The molecule has 4 aromatic carbocycles. The van der Waals surface area contributed by atoms with Crippen LogP contribution in [0, 0.1) is 0 Å². The number of thioether (sulfide) groups is 1. The third-order valence-electron chi connectivity index (χ3n) is 5.80. The van der Waals surface area contributed by atoms with E-state index >= 15 is 0 Å². The summed E-state index contributed by atoms with van der Waals surface area (Å²) in [6, 6.07) is 25.3. The van der Waals surface area contributed by atoms with Crippen LogP contribution < -0.4 is 20.1 Å². The summed E-state index contributed by atoms with van der Waals surface area (Å²) in [5.74, 6) is -0.911. The minimum absolute atomic E-state index is 0.00142. The minimum atomic E-state index is -1.13. The Bertz CT molecular complexity index is 1550. The first-order valence-electron chi connectivity index (χ1n) is 12.0. The SMILES string of the molecule is COc1ccc(C(=O)Nc2cccc(SC(C(=O)Nc3cc(C(=O)O)ccc3Cl)c3ccccc3)c2)cc1OC. The van der Waals surface area contributed by atoms with Gasteiger partial charge in [0.1, 0.15) is 5.25 Å². The van der Waals surface area contributed by atoms with Crippen molar-refractivity contribution >= 4 is 52.5 Å². The Morgan fingerprint density at radius 3 is 2.23 bits per heavy atom. The second-order valence-electron chi connectivity index (χ2n) is 8.45. The maximum atomic E-state index is 13.5. The van der Waals surface area contributed by atoms with E-state index in [1.807, 2.05) is 36.4 Å². The third-order valence-corrected chi connectivity index (χ3v) is 7.38. The van der Waals surface area contributed by atoms with Gasteiger partial charge in [-0.2, -0.15) is 0 Å². The Hall–Kier alpha value is -4.47. The largest absolute Gasteiger partial charge is 0.493 e. The predicted octanol–water partition coefficient (Wildman–Crippen LogP) is 6.78. The fraction of sp³-hybridized carbons (Fsp3) is 0.100. The van der Waals surface area contributed by atoms with Crippen LogP contribution in [0.1, 0.15) is 31.5 Å². The first-order chi connectivity index (χ1) is 19.3. The summed E-state index contributed by atoms with van der Waals surface area (Å²) in [5.41, 5.74) is 1.85. The molecule has 1 atom stereocenters. The Kier molecular flexibility index (Phi) is 9.31. The van der Waals surface area contributed by atoms with Gasteiger partial charge in [0.05, 0.1) is 30.5 Å². The number of anilines is 2. The Labute approximate surface area is 240 Å². The van der Waals surface area contributed by atoms with Crippen molar-refractivity contribution < 1.29 is 29.0 Å². The van der Waals surface area contributed by atoms with Gasteiger partial charge in [0, 0.05) is 16.1 Å². The summed E-state index contributed by atoms with van der Waals surface area (Å²) in [5, 5.41) is 14.5. The molecule has 0 fully saturated rings. The molecule has 1 unspecified atom stereocenters. The normalized spacial score (nSPS) is 11.3. The summed E-state index contributed by atoms with van der Waals surface area (Å²) >= 11 is 7.52. The lowest BCUT2D eigenvalue weighted by Gasteiger charge is -2.18. The van der Waals surface area contributed by atoms with Crippen LogP contribution in [0.3, 0.4) is 0 Å². The molecule has 0 aliphatic heterocycles. The Morgan fingerprint density at radius 2 is 1.52 bits per heavy atom. The predicted molar refractivity (Wildman–Crippen MR) is 156 cm³/mol. The fourth-order valence-corrected chi connectivity index (χ4v) is 5.07. The van der Waals surface area contributed by atoms with Crippen molar-refractivity contribution in [1.29, 1.82) is 0 Å². The van der Waals surface area contributed by atoms with E-state index in [2.05, 4.69) is 10.6 Å². The lowest BCUT2D eigenvalue weighted by molar-refractivity contribution is -0.115. The highest BCUT2D eigenvalue weighted by Gasteiger charge is 2.24. The monoisotopic (exact) mass is 576 g/mol. The summed E-state index contributed by atoms with van der Waals surface area (Å²) in [7, 11) is 3.02. The van der Waals surface area contributed by atoms with E-state index in [1.165, 1.54) is 44.2 Å². The van der Waals surface area contributed by atoms with Crippen molar-refractivity contribution in [1.82, 2.24) is 0 Å². The molecule has 0 bridgehead atoms.